The lowest BCUT2D eigenvalue weighted by molar-refractivity contribution is 0.0694. The Balaban J connectivity index is 2.16. The molecule has 1 aromatic carbocycles. The number of carbonyl (C=O) groups is 1. The first-order chi connectivity index (χ1) is 8.87. The van der Waals surface area contributed by atoms with Gasteiger partial charge in [0.2, 0.25) is 0 Å². The van der Waals surface area contributed by atoms with Crippen LogP contribution in [0.2, 0.25) is 5.02 Å². The molecule has 0 radical (unpaired) electrons. The number of rotatable bonds is 3. The van der Waals surface area contributed by atoms with Gasteiger partial charge in [0.25, 0.3) is 5.91 Å². The Hall–Kier alpha value is -1.46. The highest BCUT2D eigenvalue weighted by Gasteiger charge is 2.20. The maximum atomic E-state index is 12.0. The molecule has 0 fully saturated rings. The maximum Gasteiger partial charge on any atom is 0.251 e. The van der Waals surface area contributed by atoms with Crippen LogP contribution in [0.25, 0.3) is 0 Å². The molecule has 0 saturated carbocycles. The average Bonchev–Trinajstić information content (AvgIpc) is 2.35. The van der Waals surface area contributed by atoms with Crippen LogP contribution in [0.4, 0.5) is 0 Å². The lowest BCUT2D eigenvalue weighted by Crippen LogP contribution is -2.38. The second kappa shape index (κ2) is 5.27. The lowest BCUT2D eigenvalue weighted by Gasteiger charge is -2.21. The molecule has 0 bridgehead atoms. The highest BCUT2D eigenvalue weighted by molar-refractivity contribution is 6.32. The van der Waals surface area contributed by atoms with E-state index in [1.165, 1.54) is 6.07 Å². The summed E-state index contributed by atoms with van der Waals surface area (Å²) in [6.07, 6.45) is 0. The van der Waals surface area contributed by atoms with Gasteiger partial charge in [-0.3, -0.25) is 4.79 Å². The van der Waals surface area contributed by atoms with Crippen molar-refractivity contribution in [2.24, 2.45) is 0 Å². The normalized spacial score (nSPS) is 14.1. The van der Waals surface area contributed by atoms with Crippen molar-refractivity contribution in [1.29, 1.82) is 0 Å². The van der Waals surface area contributed by atoms with Gasteiger partial charge in [0.15, 0.2) is 11.5 Å². The topological polar surface area (TPSA) is 67.8 Å². The Morgan fingerprint density at radius 3 is 2.79 bits per heavy atom. The summed E-state index contributed by atoms with van der Waals surface area (Å²) >= 11 is 6.05. The second-order valence-electron chi connectivity index (χ2n) is 4.98. The molecule has 0 saturated heterocycles. The summed E-state index contributed by atoms with van der Waals surface area (Å²) in [6.45, 7) is 4.25. The minimum Gasteiger partial charge on any atom is -0.486 e. The molecule has 19 heavy (non-hydrogen) atoms. The van der Waals surface area contributed by atoms with Gasteiger partial charge in [-0.2, -0.15) is 0 Å². The summed E-state index contributed by atoms with van der Waals surface area (Å²) in [5.41, 5.74) is -0.591. The monoisotopic (exact) mass is 285 g/mol. The van der Waals surface area contributed by atoms with Crippen LogP contribution in [-0.2, 0) is 0 Å². The zero-order valence-corrected chi connectivity index (χ0v) is 11.6. The van der Waals surface area contributed by atoms with Gasteiger partial charge >= 0.3 is 0 Å². The molecule has 1 aliphatic rings. The molecule has 1 heterocycles. The van der Waals surface area contributed by atoms with E-state index in [1.54, 1.807) is 19.9 Å². The number of fused-ring (bicyclic) bond motifs is 1. The van der Waals surface area contributed by atoms with Gasteiger partial charge in [-0.25, -0.2) is 0 Å². The van der Waals surface area contributed by atoms with Crippen molar-refractivity contribution in [3.05, 3.63) is 22.7 Å². The number of hydrogen-bond donors (Lipinski definition) is 2. The largest absolute Gasteiger partial charge is 0.486 e. The first-order valence-corrected chi connectivity index (χ1v) is 6.34. The lowest BCUT2D eigenvalue weighted by atomic mass is 10.1. The molecule has 5 nitrogen and oxygen atoms in total. The third kappa shape index (κ3) is 3.52. The summed E-state index contributed by atoms with van der Waals surface area (Å²) in [5, 5.41) is 12.5. The minimum absolute atomic E-state index is 0.151. The van der Waals surface area contributed by atoms with Crippen molar-refractivity contribution in [3.8, 4) is 11.5 Å². The van der Waals surface area contributed by atoms with Gasteiger partial charge in [-0.1, -0.05) is 11.6 Å². The Morgan fingerprint density at radius 2 is 2.11 bits per heavy atom. The number of hydrogen-bond acceptors (Lipinski definition) is 4. The molecular weight excluding hydrogens is 270 g/mol. The first kappa shape index (κ1) is 14.0. The first-order valence-electron chi connectivity index (χ1n) is 5.96. The molecular formula is C13H16ClNO4. The van der Waals surface area contributed by atoms with Crippen LogP contribution in [0, 0.1) is 0 Å². The van der Waals surface area contributed by atoms with Gasteiger partial charge in [-0.05, 0) is 26.0 Å². The van der Waals surface area contributed by atoms with Crippen LogP contribution in [-0.4, -0.2) is 36.4 Å². The molecule has 1 aromatic rings. The number of aliphatic hydroxyl groups is 1. The number of nitrogens with one attached hydrogen (secondary N) is 1. The number of ether oxygens (including phenoxy) is 2. The number of benzene rings is 1. The minimum atomic E-state index is -0.965. The molecule has 0 unspecified atom stereocenters. The number of carbonyl (C=O) groups excluding carboxylic acids is 1. The molecule has 1 aliphatic heterocycles. The summed E-state index contributed by atoms with van der Waals surface area (Å²) in [6, 6.07) is 3.11. The fourth-order valence-corrected chi connectivity index (χ4v) is 1.91. The Morgan fingerprint density at radius 1 is 1.42 bits per heavy atom. The van der Waals surface area contributed by atoms with Crippen molar-refractivity contribution in [3.63, 3.8) is 0 Å². The van der Waals surface area contributed by atoms with Gasteiger partial charge in [0, 0.05) is 12.1 Å². The fourth-order valence-electron chi connectivity index (χ4n) is 1.64. The molecule has 0 aromatic heterocycles. The zero-order valence-electron chi connectivity index (χ0n) is 10.8. The van der Waals surface area contributed by atoms with E-state index >= 15 is 0 Å². The van der Waals surface area contributed by atoms with Crippen molar-refractivity contribution in [1.82, 2.24) is 5.32 Å². The summed E-state index contributed by atoms with van der Waals surface area (Å²) in [4.78, 5) is 12.0. The molecule has 0 spiro atoms. The van der Waals surface area contributed by atoms with Crippen LogP contribution >= 0.6 is 11.6 Å². The van der Waals surface area contributed by atoms with Crippen molar-refractivity contribution in [2.75, 3.05) is 19.8 Å². The van der Waals surface area contributed by atoms with Crippen LogP contribution in [0.5, 0.6) is 11.5 Å². The Bertz CT molecular complexity index is 496. The van der Waals surface area contributed by atoms with E-state index in [-0.39, 0.29) is 12.5 Å². The smallest absolute Gasteiger partial charge is 0.251 e. The Labute approximate surface area is 116 Å². The van der Waals surface area contributed by atoms with Crippen LogP contribution in [0.15, 0.2) is 12.1 Å². The summed E-state index contributed by atoms with van der Waals surface area (Å²) in [7, 11) is 0. The van der Waals surface area contributed by atoms with Crippen molar-refractivity contribution in [2.45, 2.75) is 19.4 Å². The Kier molecular flexibility index (Phi) is 3.87. The van der Waals surface area contributed by atoms with Gasteiger partial charge in [0.05, 0.1) is 10.6 Å². The number of halogens is 1. The predicted octanol–water partition coefficient (Wildman–Crippen LogP) is 1.61. The predicted molar refractivity (Wildman–Crippen MR) is 71.1 cm³/mol. The van der Waals surface area contributed by atoms with Gasteiger partial charge in [-0.15, -0.1) is 0 Å². The molecule has 6 heteroatoms. The van der Waals surface area contributed by atoms with Crippen LogP contribution in [0.1, 0.15) is 24.2 Å². The van der Waals surface area contributed by atoms with E-state index < -0.39 is 5.60 Å². The molecule has 2 rings (SSSR count). The van der Waals surface area contributed by atoms with E-state index in [9.17, 15) is 9.90 Å². The van der Waals surface area contributed by atoms with E-state index in [1.807, 2.05) is 0 Å². The summed E-state index contributed by atoms with van der Waals surface area (Å²) < 4.78 is 10.8. The van der Waals surface area contributed by atoms with Crippen LogP contribution < -0.4 is 14.8 Å². The molecule has 0 atom stereocenters. The van der Waals surface area contributed by atoms with Crippen molar-refractivity contribution < 1.29 is 19.4 Å². The molecule has 2 N–H and O–H groups in total. The van der Waals surface area contributed by atoms with E-state index in [4.69, 9.17) is 21.1 Å². The van der Waals surface area contributed by atoms with E-state index in [0.717, 1.165) is 0 Å². The van der Waals surface area contributed by atoms with E-state index in [2.05, 4.69) is 5.32 Å². The van der Waals surface area contributed by atoms with Crippen LogP contribution in [0.3, 0.4) is 0 Å². The molecule has 0 aliphatic carbocycles. The van der Waals surface area contributed by atoms with Gasteiger partial charge in [0.1, 0.15) is 13.2 Å². The average molecular weight is 286 g/mol. The SMILES string of the molecule is CC(C)(O)CNC(=O)c1cc(Cl)c2c(c1)OCCO2. The van der Waals surface area contributed by atoms with Gasteiger partial charge < -0.3 is 19.9 Å². The third-order valence-corrected chi connectivity index (χ3v) is 2.82. The molecule has 104 valence electrons. The second-order valence-corrected chi connectivity index (χ2v) is 5.38. The van der Waals surface area contributed by atoms with Crippen molar-refractivity contribution >= 4 is 17.5 Å². The third-order valence-electron chi connectivity index (χ3n) is 2.54. The standard InChI is InChI=1S/C13H16ClNO4/c1-13(2,17)7-15-12(16)8-5-9(14)11-10(6-8)18-3-4-19-11/h5-6,17H,3-4,7H2,1-2H3,(H,15,16). The summed E-state index contributed by atoms with van der Waals surface area (Å²) in [5.74, 6) is 0.611. The number of amides is 1. The highest BCUT2D eigenvalue weighted by Crippen LogP contribution is 2.38. The molecule has 1 amide bonds. The zero-order chi connectivity index (χ0) is 14.0. The quantitative estimate of drug-likeness (QED) is 0.885. The highest BCUT2D eigenvalue weighted by atomic mass is 35.5. The van der Waals surface area contributed by atoms with E-state index in [0.29, 0.717) is 35.3 Å². The fraction of sp³-hybridized carbons (Fsp3) is 0.462. The maximum absolute atomic E-state index is 12.0.